The summed E-state index contributed by atoms with van der Waals surface area (Å²) in [6.45, 7) is 1.14. The molecule has 1 amide bonds. The predicted octanol–water partition coefficient (Wildman–Crippen LogP) is 3.87. The first kappa shape index (κ1) is 17.4. The molecular weight excluding hydrogens is 366 g/mol. The van der Waals surface area contributed by atoms with Crippen LogP contribution in [0.2, 0.25) is 5.02 Å². The summed E-state index contributed by atoms with van der Waals surface area (Å²) in [5.74, 6) is 1.01. The zero-order valence-corrected chi connectivity index (χ0v) is 15.3. The van der Waals surface area contributed by atoms with E-state index in [4.69, 9.17) is 21.1 Å². The number of ether oxygens (including phenoxy) is 2. The number of hydrogen-bond donors (Lipinski definition) is 1. The van der Waals surface area contributed by atoms with Gasteiger partial charge in [-0.05, 0) is 42.0 Å². The van der Waals surface area contributed by atoms with Crippen molar-refractivity contribution in [2.45, 2.75) is 12.8 Å². The van der Waals surface area contributed by atoms with Crippen molar-refractivity contribution in [3.05, 3.63) is 65.7 Å². The Bertz CT molecular complexity index is 940. The van der Waals surface area contributed by atoms with Gasteiger partial charge in [-0.25, -0.2) is 4.98 Å². The fourth-order valence-electron chi connectivity index (χ4n) is 2.91. The van der Waals surface area contributed by atoms with Crippen LogP contribution < -0.4 is 14.8 Å². The number of nitrogens with one attached hydrogen (secondary N) is 1. The van der Waals surface area contributed by atoms with Crippen LogP contribution in [0, 0.1) is 0 Å². The molecular formula is C20H18ClN3O3. The molecule has 0 saturated heterocycles. The van der Waals surface area contributed by atoms with Crippen LogP contribution in [0.3, 0.4) is 0 Å². The van der Waals surface area contributed by atoms with Gasteiger partial charge in [-0.3, -0.25) is 4.79 Å². The molecule has 7 heteroatoms. The number of hydrogen-bond acceptors (Lipinski definition) is 4. The van der Waals surface area contributed by atoms with E-state index in [-0.39, 0.29) is 12.3 Å². The van der Waals surface area contributed by atoms with E-state index >= 15 is 0 Å². The summed E-state index contributed by atoms with van der Waals surface area (Å²) >= 11 is 6.29. The van der Waals surface area contributed by atoms with Crippen molar-refractivity contribution in [3.63, 3.8) is 0 Å². The molecule has 0 saturated carbocycles. The number of anilines is 1. The Morgan fingerprint density at radius 3 is 2.78 bits per heavy atom. The van der Waals surface area contributed by atoms with Crippen LogP contribution >= 0.6 is 11.6 Å². The maximum atomic E-state index is 12.4. The summed E-state index contributed by atoms with van der Waals surface area (Å²) in [6, 6.07) is 11.1. The van der Waals surface area contributed by atoms with Gasteiger partial charge in [0.25, 0.3) is 0 Å². The molecule has 0 atom stereocenters. The molecule has 0 bridgehead atoms. The largest absolute Gasteiger partial charge is 0.489 e. The minimum Gasteiger partial charge on any atom is -0.489 e. The first-order valence-corrected chi connectivity index (χ1v) is 9.03. The van der Waals surface area contributed by atoms with Gasteiger partial charge in [0.15, 0.2) is 11.5 Å². The van der Waals surface area contributed by atoms with Crippen LogP contribution in [-0.2, 0) is 11.2 Å². The van der Waals surface area contributed by atoms with Crippen molar-refractivity contribution in [3.8, 4) is 17.2 Å². The van der Waals surface area contributed by atoms with Crippen molar-refractivity contribution < 1.29 is 14.3 Å². The van der Waals surface area contributed by atoms with Crippen LogP contribution in [0.1, 0.15) is 12.0 Å². The number of aromatic nitrogens is 2. The third kappa shape index (κ3) is 4.06. The maximum Gasteiger partial charge on any atom is 0.228 e. The molecule has 0 spiro atoms. The molecule has 27 heavy (non-hydrogen) atoms. The molecule has 0 aliphatic carbocycles. The summed E-state index contributed by atoms with van der Waals surface area (Å²) < 4.78 is 13.2. The van der Waals surface area contributed by atoms with Crippen LogP contribution in [-0.4, -0.2) is 28.7 Å². The topological polar surface area (TPSA) is 65.4 Å². The van der Waals surface area contributed by atoms with Crippen molar-refractivity contribution in [1.29, 1.82) is 0 Å². The Balaban J connectivity index is 1.43. The number of rotatable bonds is 4. The number of fused-ring (bicyclic) bond motifs is 1. The van der Waals surface area contributed by atoms with E-state index in [0.717, 1.165) is 23.4 Å². The van der Waals surface area contributed by atoms with Gasteiger partial charge in [0.05, 0.1) is 31.0 Å². The Kier molecular flexibility index (Phi) is 4.98. The second-order valence-electron chi connectivity index (χ2n) is 6.20. The van der Waals surface area contributed by atoms with Crippen molar-refractivity contribution in [2.24, 2.45) is 0 Å². The first-order chi connectivity index (χ1) is 13.2. The van der Waals surface area contributed by atoms with E-state index in [2.05, 4.69) is 10.3 Å². The maximum absolute atomic E-state index is 12.4. The lowest BCUT2D eigenvalue weighted by Crippen LogP contribution is -2.14. The van der Waals surface area contributed by atoms with E-state index in [1.165, 1.54) is 0 Å². The summed E-state index contributed by atoms with van der Waals surface area (Å²) in [4.78, 5) is 16.4. The molecule has 3 aromatic rings. The van der Waals surface area contributed by atoms with Gasteiger partial charge in [0.1, 0.15) is 0 Å². The quantitative estimate of drug-likeness (QED) is 0.742. The van der Waals surface area contributed by atoms with Crippen molar-refractivity contribution >= 4 is 23.2 Å². The van der Waals surface area contributed by atoms with Crippen LogP contribution in [0.4, 0.5) is 5.69 Å². The van der Waals surface area contributed by atoms with Gasteiger partial charge in [-0.2, -0.15) is 0 Å². The van der Waals surface area contributed by atoms with E-state index in [1.54, 1.807) is 18.6 Å². The Morgan fingerprint density at radius 2 is 2.00 bits per heavy atom. The molecule has 0 radical (unpaired) electrons. The second kappa shape index (κ2) is 7.72. The van der Waals surface area contributed by atoms with Crippen LogP contribution in [0.25, 0.3) is 5.69 Å². The van der Waals surface area contributed by atoms with Crippen molar-refractivity contribution in [2.75, 3.05) is 18.5 Å². The average molecular weight is 384 g/mol. The monoisotopic (exact) mass is 383 g/mol. The Morgan fingerprint density at radius 1 is 1.19 bits per heavy atom. The number of imidazole rings is 1. The minimum atomic E-state index is -0.129. The normalized spacial score (nSPS) is 13.1. The molecule has 138 valence electrons. The smallest absolute Gasteiger partial charge is 0.228 e. The second-order valence-corrected chi connectivity index (χ2v) is 6.60. The highest BCUT2D eigenvalue weighted by Gasteiger charge is 2.17. The van der Waals surface area contributed by atoms with Gasteiger partial charge in [-0.15, -0.1) is 0 Å². The molecule has 1 N–H and O–H groups in total. The molecule has 6 nitrogen and oxygen atoms in total. The van der Waals surface area contributed by atoms with E-state index in [9.17, 15) is 4.79 Å². The Labute approximate surface area is 161 Å². The highest BCUT2D eigenvalue weighted by Crippen LogP contribution is 2.38. The molecule has 0 fully saturated rings. The molecule has 0 unspecified atom stereocenters. The molecule has 1 aliphatic rings. The standard InChI is InChI=1S/C20H18ClN3O3/c21-17-10-14(11-18-20(17)27-9-1-8-26-18)12-19(25)23-15-2-4-16(5-3-15)24-7-6-22-13-24/h2-7,10-11,13H,1,8-9,12H2,(H,23,25). The lowest BCUT2D eigenvalue weighted by atomic mass is 10.1. The number of halogens is 1. The lowest BCUT2D eigenvalue weighted by molar-refractivity contribution is -0.115. The minimum absolute atomic E-state index is 0.129. The van der Waals surface area contributed by atoms with Gasteiger partial charge in [-0.1, -0.05) is 11.6 Å². The number of amides is 1. The zero-order chi connectivity index (χ0) is 18.6. The first-order valence-electron chi connectivity index (χ1n) is 8.65. The molecule has 1 aromatic heterocycles. The molecule has 1 aliphatic heterocycles. The predicted molar refractivity (Wildman–Crippen MR) is 103 cm³/mol. The number of benzene rings is 2. The van der Waals surface area contributed by atoms with Gasteiger partial charge >= 0.3 is 0 Å². The zero-order valence-electron chi connectivity index (χ0n) is 14.5. The highest BCUT2D eigenvalue weighted by molar-refractivity contribution is 6.32. The third-order valence-electron chi connectivity index (χ3n) is 4.18. The van der Waals surface area contributed by atoms with E-state index < -0.39 is 0 Å². The average Bonchev–Trinajstić information content (AvgIpc) is 3.08. The van der Waals surface area contributed by atoms with E-state index in [0.29, 0.717) is 29.7 Å². The lowest BCUT2D eigenvalue weighted by Gasteiger charge is -2.12. The molecule has 2 heterocycles. The fraction of sp³-hybridized carbons (Fsp3) is 0.200. The number of nitrogens with zero attached hydrogens (tertiary/aromatic N) is 2. The van der Waals surface area contributed by atoms with Gasteiger partial charge < -0.3 is 19.4 Å². The summed E-state index contributed by atoms with van der Waals surface area (Å²) in [5, 5.41) is 3.36. The third-order valence-corrected chi connectivity index (χ3v) is 4.46. The summed E-state index contributed by atoms with van der Waals surface area (Å²) in [6.07, 6.45) is 6.30. The number of carbonyl (C=O) groups is 1. The van der Waals surface area contributed by atoms with Crippen LogP contribution in [0.15, 0.2) is 55.1 Å². The summed E-state index contributed by atoms with van der Waals surface area (Å²) in [7, 11) is 0. The summed E-state index contributed by atoms with van der Waals surface area (Å²) in [5.41, 5.74) is 2.47. The highest BCUT2D eigenvalue weighted by atomic mass is 35.5. The number of carbonyl (C=O) groups excluding carboxylic acids is 1. The van der Waals surface area contributed by atoms with Crippen LogP contribution in [0.5, 0.6) is 11.5 Å². The van der Waals surface area contributed by atoms with E-state index in [1.807, 2.05) is 41.1 Å². The molecule has 4 rings (SSSR count). The molecule has 2 aromatic carbocycles. The SMILES string of the molecule is O=C(Cc1cc(Cl)c2c(c1)OCCCO2)Nc1ccc(-n2ccnc2)cc1. The Hall–Kier alpha value is -2.99. The van der Waals surface area contributed by atoms with Crippen molar-refractivity contribution in [1.82, 2.24) is 9.55 Å². The van der Waals surface area contributed by atoms with Gasteiger partial charge in [0, 0.05) is 30.2 Å². The van der Waals surface area contributed by atoms with Gasteiger partial charge in [0.2, 0.25) is 5.91 Å². The fourth-order valence-corrected chi connectivity index (χ4v) is 3.19.